The molecule has 0 saturated carbocycles. The van der Waals surface area contributed by atoms with E-state index in [1.165, 1.54) is 5.56 Å². The Kier molecular flexibility index (Phi) is 6.91. The van der Waals surface area contributed by atoms with Crippen molar-refractivity contribution in [1.29, 1.82) is 0 Å². The van der Waals surface area contributed by atoms with Crippen molar-refractivity contribution in [2.24, 2.45) is 0 Å². The number of hydrogen-bond acceptors (Lipinski definition) is 7. The van der Waals surface area contributed by atoms with Crippen LogP contribution in [-0.2, 0) is 13.0 Å². The molecule has 1 atom stereocenters. The predicted molar refractivity (Wildman–Crippen MR) is 124 cm³/mol. The van der Waals surface area contributed by atoms with Crippen LogP contribution >= 0.6 is 11.6 Å². The van der Waals surface area contributed by atoms with Gasteiger partial charge in [-0.15, -0.1) is 5.10 Å². The lowest BCUT2D eigenvalue weighted by Gasteiger charge is -2.16. The number of halogens is 1. The van der Waals surface area contributed by atoms with Crippen molar-refractivity contribution in [3.63, 3.8) is 0 Å². The Morgan fingerprint density at radius 3 is 2.66 bits per heavy atom. The molecular weight excluding hydrogens is 426 g/mol. The molecule has 0 fully saturated rings. The van der Waals surface area contributed by atoms with E-state index in [0.29, 0.717) is 23.3 Å². The average Bonchev–Trinajstić information content (AvgIpc) is 3.30. The summed E-state index contributed by atoms with van der Waals surface area (Å²) in [7, 11) is 0. The average molecular weight is 450 g/mol. The molecule has 8 nitrogen and oxygen atoms in total. The molecule has 0 saturated heterocycles. The van der Waals surface area contributed by atoms with Gasteiger partial charge in [-0.2, -0.15) is 0 Å². The molecule has 1 unspecified atom stereocenters. The number of aromatic nitrogens is 6. The van der Waals surface area contributed by atoms with E-state index in [2.05, 4.69) is 43.8 Å². The Balaban J connectivity index is 1.47. The third-order valence-corrected chi connectivity index (χ3v) is 5.18. The van der Waals surface area contributed by atoms with Gasteiger partial charge in [0, 0.05) is 23.6 Å². The predicted octanol–water partition coefficient (Wildman–Crippen LogP) is 4.95. The zero-order chi connectivity index (χ0) is 22.3. The van der Waals surface area contributed by atoms with Crippen molar-refractivity contribution in [3.8, 4) is 16.9 Å². The Bertz CT molecular complexity index is 1150. The number of nitrogens with one attached hydrogen (secondary N) is 1. The summed E-state index contributed by atoms with van der Waals surface area (Å²) in [5.74, 6) is 1.14. The largest absolute Gasteiger partial charge is 0.487 e. The maximum Gasteiger partial charge on any atom is 0.227 e. The fourth-order valence-corrected chi connectivity index (χ4v) is 3.51. The molecule has 32 heavy (non-hydrogen) atoms. The van der Waals surface area contributed by atoms with Crippen molar-refractivity contribution in [1.82, 2.24) is 30.2 Å². The Morgan fingerprint density at radius 2 is 1.91 bits per heavy atom. The third kappa shape index (κ3) is 5.39. The maximum atomic E-state index is 6.35. The van der Waals surface area contributed by atoms with E-state index < -0.39 is 0 Å². The zero-order valence-electron chi connectivity index (χ0n) is 17.9. The molecule has 4 aromatic rings. The van der Waals surface area contributed by atoms with Crippen LogP contribution in [0.4, 0.5) is 11.6 Å². The van der Waals surface area contributed by atoms with Crippen LogP contribution in [0.25, 0.3) is 11.1 Å². The van der Waals surface area contributed by atoms with E-state index in [1.54, 1.807) is 23.4 Å². The van der Waals surface area contributed by atoms with Gasteiger partial charge in [0.05, 0.1) is 11.6 Å². The molecule has 164 valence electrons. The number of ether oxygens (including phenoxy) is 1. The van der Waals surface area contributed by atoms with Crippen molar-refractivity contribution < 1.29 is 4.74 Å². The van der Waals surface area contributed by atoms with Crippen LogP contribution in [0.1, 0.15) is 25.8 Å². The summed E-state index contributed by atoms with van der Waals surface area (Å²) in [5.41, 5.74) is 4.06. The first kappa shape index (κ1) is 21.7. The Morgan fingerprint density at radius 1 is 1.09 bits per heavy atom. The number of benzene rings is 2. The standard InChI is InChI=1S/C23H24ClN7O/c1-3-6-17-7-4-5-8-21(17)28-23-25-12-19(13-26-23)18-9-10-20(24)22(11-18)32-16(2)14-31-15-27-29-30-31/h4-5,7-13,15-16H,3,6,14H2,1-2H3,(H,25,26,28). The van der Waals surface area contributed by atoms with Crippen molar-refractivity contribution in [2.75, 3.05) is 5.32 Å². The second kappa shape index (κ2) is 10.2. The summed E-state index contributed by atoms with van der Waals surface area (Å²) in [5, 5.41) is 15.0. The summed E-state index contributed by atoms with van der Waals surface area (Å²) in [4.78, 5) is 8.99. The summed E-state index contributed by atoms with van der Waals surface area (Å²) < 4.78 is 7.63. The van der Waals surface area contributed by atoms with Crippen LogP contribution in [0, 0.1) is 0 Å². The van der Waals surface area contributed by atoms with E-state index >= 15 is 0 Å². The maximum absolute atomic E-state index is 6.35. The normalized spacial score (nSPS) is 11.8. The molecule has 2 heterocycles. The van der Waals surface area contributed by atoms with Gasteiger partial charge < -0.3 is 10.1 Å². The lowest BCUT2D eigenvalue weighted by atomic mass is 10.1. The number of aryl methyl sites for hydroxylation is 1. The highest BCUT2D eigenvalue weighted by Crippen LogP contribution is 2.31. The van der Waals surface area contributed by atoms with Crippen molar-refractivity contribution >= 4 is 23.2 Å². The van der Waals surface area contributed by atoms with Gasteiger partial charge in [0.1, 0.15) is 18.2 Å². The number of rotatable bonds is 9. The van der Waals surface area contributed by atoms with Crippen molar-refractivity contribution in [2.45, 2.75) is 39.3 Å². The van der Waals surface area contributed by atoms with Gasteiger partial charge >= 0.3 is 0 Å². The summed E-state index contributed by atoms with van der Waals surface area (Å²) in [6.45, 7) is 4.61. The quantitative estimate of drug-likeness (QED) is 0.386. The number of anilines is 2. The van der Waals surface area contributed by atoms with Crippen LogP contribution < -0.4 is 10.1 Å². The second-order valence-electron chi connectivity index (χ2n) is 7.43. The molecule has 0 bridgehead atoms. The zero-order valence-corrected chi connectivity index (χ0v) is 18.7. The highest BCUT2D eigenvalue weighted by Gasteiger charge is 2.12. The van der Waals surface area contributed by atoms with E-state index in [9.17, 15) is 0 Å². The van der Waals surface area contributed by atoms with Crippen LogP contribution in [0.15, 0.2) is 61.2 Å². The third-order valence-electron chi connectivity index (χ3n) is 4.86. The molecule has 4 rings (SSSR count). The molecular formula is C23H24ClN7O. The monoisotopic (exact) mass is 449 g/mol. The Hall–Kier alpha value is -3.52. The van der Waals surface area contributed by atoms with E-state index in [4.69, 9.17) is 16.3 Å². The first-order valence-corrected chi connectivity index (χ1v) is 10.8. The molecule has 9 heteroatoms. The number of hydrogen-bond donors (Lipinski definition) is 1. The molecule has 2 aromatic carbocycles. The second-order valence-corrected chi connectivity index (χ2v) is 7.84. The molecule has 0 radical (unpaired) electrons. The van der Waals surface area contributed by atoms with Gasteiger partial charge in [-0.25, -0.2) is 14.6 Å². The lowest BCUT2D eigenvalue weighted by Crippen LogP contribution is -2.20. The number of nitrogens with zero attached hydrogens (tertiary/aromatic N) is 6. The minimum absolute atomic E-state index is 0.169. The Labute approximate surface area is 191 Å². The van der Waals surface area contributed by atoms with Gasteiger partial charge in [-0.3, -0.25) is 0 Å². The molecule has 0 aliphatic heterocycles. The van der Waals surface area contributed by atoms with Crippen LogP contribution in [0.5, 0.6) is 5.75 Å². The summed E-state index contributed by atoms with van der Waals surface area (Å²) in [6, 6.07) is 13.8. The van der Waals surface area contributed by atoms with E-state index in [1.807, 2.05) is 43.3 Å². The fraction of sp³-hybridized carbons (Fsp3) is 0.261. The van der Waals surface area contributed by atoms with Crippen LogP contribution in [-0.4, -0.2) is 36.3 Å². The van der Waals surface area contributed by atoms with Crippen LogP contribution in [0.2, 0.25) is 5.02 Å². The van der Waals surface area contributed by atoms with Gasteiger partial charge in [0.15, 0.2) is 0 Å². The molecule has 2 aromatic heterocycles. The highest BCUT2D eigenvalue weighted by molar-refractivity contribution is 6.32. The first-order valence-electron chi connectivity index (χ1n) is 10.5. The smallest absolute Gasteiger partial charge is 0.227 e. The lowest BCUT2D eigenvalue weighted by molar-refractivity contribution is 0.193. The summed E-state index contributed by atoms with van der Waals surface area (Å²) in [6.07, 6.45) is 7.03. The number of para-hydroxylation sites is 1. The van der Waals surface area contributed by atoms with Crippen molar-refractivity contribution in [3.05, 3.63) is 71.8 Å². The fourth-order valence-electron chi connectivity index (χ4n) is 3.35. The van der Waals surface area contributed by atoms with Gasteiger partial charge in [0.25, 0.3) is 0 Å². The molecule has 0 aliphatic carbocycles. The van der Waals surface area contributed by atoms with Gasteiger partial charge in [-0.05, 0) is 53.1 Å². The van der Waals surface area contributed by atoms with Crippen LogP contribution in [0.3, 0.4) is 0 Å². The topological polar surface area (TPSA) is 90.6 Å². The van der Waals surface area contributed by atoms with E-state index in [0.717, 1.165) is 29.7 Å². The molecule has 1 N–H and O–H groups in total. The first-order chi connectivity index (χ1) is 15.6. The highest BCUT2D eigenvalue weighted by atomic mass is 35.5. The number of tetrazole rings is 1. The van der Waals surface area contributed by atoms with Gasteiger partial charge in [0.2, 0.25) is 5.95 Å². The molecule has 0 aliphatic rings. The minimum Gasteiger partial charge on any atom is -0.487 e. The summed E-state index contributed by atoms with van der Waals surface area (Å²) >= 11 is 6.35. The molecule has 0 amide bonds. The minimum atomic E-state index is -0.169. The molecule has 0 spiro atoms. The SMILES string of the molecule is CCCc1ccccc1Nc1ncc(-c2ccc(Cl)c(OC(C)Cn3cnnn3)c2)cn1. The van der Waals surface area contributed by atoms with Gasteiger partial charge in [-0.1, -0.05) is 49.2 Å². The van der Waals surface area contributed by atoms with E-state index in [-0.39, 0.29) is 6.10 Å².